The van der Waals surface area contributed by atoms with E-state index < -0.39 is 0 Å². The van der Waals surface area contributed by atoms with E-state index in [1.165, 1.54) is 16.0 Å². The van der Waals surface area contributed by atoms with Crippen molar-refractivity contribution in [3.05, 3.63) is 59.0 Å². The fraction of sp³-hybridized carbons (Fsp3) is 0.158. The second kappa shape index (κ2) is 7.55. The molecule has 5 heteroatoms. The highest BCUT2D eigenvalue weighted by atomic mass is 32.1. The fourth-order valence-corrected chi connectivity index (χ4v) is 4.13. The second-order valence-corrected chi connectivity index (χ2v) is 6.89. The molecular formula is C19H19N3S2. The Kier molecular flexibility index (Phi) is 5.23. The van der Waals surface area contributed by atoms with Crippen LogP contribution in [-0.2, 0) is 0 Å². The monoisotopic (exact) mass is 353 g/mol. The molecule has 122 valence electrons. The lowest BCUT2D eigenvalue weighted by Gasteiger charge is -2.06. The van der Waals surface area contributed by atoms with Crippen molar-refractivity contribution in [3.8, 4) is 10.4 Å². The Hall–Kier alpha value is -2.24. The summed E-state index contributed by atoms with van der Waals surface area (Å²) in [4.78, 5) is 10.0. The number of hydrogen-bond acceptors (Lipinski definition) is 5. The van der Waals surface area contributed by atoms with Crippen LogP contribution in [0, 0.1) is 6.92 Å². The van der Waals surface area contributed by atoms with Crippen LogP contribution < -0.4 is 5.32 Å². The first-order valence-electron chi connectivity index (χ1n) is 7.90. The van der Waals surface area contributed by atoms with Crippen LogP contribution in [0.15, 0.2) is 53.5 Å². The minimum Gasteiger partial charge on any atom is -0.339 e. The average Bonchev–Trinajstić information content (AvgIpc) is 3.26. The zero-order chi connectivity index (χ0) is 16.9. The summed E-state index contributed by atoms with van der Waals surface area (Å²) in [6.07, 6.45) is 1.62. The van der Waals surface area contributed by atoms with Crippen LogP contribution in [-0.4, -0.2) is 9.97 Å². The van der Waals surface area contributed by atoms with Gasteiger partial charge in [-0.15, -0.1) is 11.3 Å². The van der Waals surface area contributed by atoms with Crippen LogP contribution in [0.4, 0.5) is 11.5 Å². The lowest BCUT2D eigenvalue weighted by Crippen LogP contribution is -1.94. The summed E-state index contributed by atoms with van der Waals surface area (Å²) in [5.41, 5.74) is 4.50. The predicted molar refractivity (Wildman–Crippen MR) is 107 cm³/mol. The van der Waals surface area contributed by atoms with Gasteiger partial charge in [-0.25, -0.2) is 9.97 Å². The number of rotatable bonds is 3. The molecule has 24 heavy (non-hydrogen) atoms. The van der Waals surface area contributed by atoms with Crippen LogP contribution in [0.2, 0.25) is 0 Å². The smallest absolute Gasteiger partial charge is 0.151 e. The van der Waals surface area contributed by atoms with Crippen molar-refractivity contribution in [2.45, 2.75) is 20.8 Å². The van der Waals surface area contributed by atoms with Gasteiger partial charge in [0.1, 0.15) is 6.33 Å². The van der Waals surface area contributed by atoms with Crippen molar-refractivity contribution in [1.29, 1.82) is 0 Å². The zero-order valence-electron chi connectivity index (χ0n) is 13.9. The van der Waals surface area contributed by atoms with E-state index in [-0.39, 0.29) is 0 Å². The quantitative estimate of drug-likeness (QED) is 0.457. The molecule has 3 heterocycles. The molecule has 0 radical (unpaired) electrons. The van der Waals surface area contributed by atoms with E-state index >= 15 is 0 Å². The molecule has 0 fully saturated rings. The van der Waals surface area contributed by atoms with Crippen LogP contribution in [0.1, 0.15) is 19.4 Å². The summed E-state index contributed by atoms with van der Waals surface area (Å²) in [5.74, 6) is 0.863. The number of nitrogens with zero attached hydrogens (tertiary/aromatic N) is 2. The minimum absolute atomic E-state index is 0.863. The summed E-state index contributed by atoms with van der Waals surface area (Å²) in [6.45, 7) is 6.08. The molecule has 0 spiro atoms. The van der Waals surface area contributed by atoms with Gasteiger partial charge in [-0.2, -0.15) is 11.3 Å². The van der Waals surface area contributed by atoms with Crippen LogP contribution in [0.3, 0.4) is 0 Å². The standard InChI is InChI=1S/C17H13N3S2.C2H6/c1-11-3-2-4-13(7-11)20-17-16-14(18-10-19-17)8-15(22-16)12-5-6-21-9-12;1-2/h2-10H,1H3,(H,18,19,20);1-2H3. The molecule has 4 aromatic rings. The van der Waals surface area contributed by atoms with Crippen molar-refractivity contribution in [1.82, 2.24) is 9.97 Å². The number of aromatic nitrogens is 2. The van der Waals surface area contributed by atoms with Gasteiger partial charge in [0.15, 0.2) is 5.82 Å². The van der Waals surface area contributed by atoms with Gasteiger partial charge in [0, 0.05) is 16.1 Å². The molecule has 0 amide bonds. The number of benzene rings is 1. The van der Waals surface area contributed by atoms with Gasteiger partial charge in [0.2, 0.25) is 0 Å². The van der Waals surface area contributed by atoms with Crippen LogP contribution in [0.5, 0.6) is 0 Å². The van der Waals surface area contributed by atoms with E-state index in [9.17, 15) is 0 Å². The summed E-state index contributed by atoms with van der Waals surface area (Å²) in [5, 5.41) is 7.66. The number of aryl methyl sites for hydroxylation is 1. The van der Waals surface area contributed by atoms with Crippen molar-refractivity contribution >= 4 is 44.4 Å². The molecule has 4 rings (SSSR count). The molecular weight excluding hydrogens is 334 g/mol. The Balaban J connectivity index is 0.000000815. The molecule has 1 aromatic carbocycles. The largest absolute Gasteiger partial charge is 0.339 e. The van der Waals surface area contributed by atoms with E-state index in [1.54, 1.807) is 29.0 Å². The number of hydrogen-bond donors (Lipinski definition) is 1. The van der Waals surface area contributed by atoms with Gasteiger partial charge in [-0.05, 0) is 47.5 Å². The van der Waals surface area contributed by atoms with Gasteiger partial charge in [0.25, 0.3) is 0 Å². The summed E-state index contributed by atoms with van der Waals surface area (Å²) < 4.78 is 1.09. The van der Waals surface area contributed by atoms with Crippen molar-refractivity contribution in [2.75, 3.05) is 5.32 Å². The Morgan fingerprint density at radius 1 is 1.04 bits per heavy atom. The van der Waals surface area contributed by atoms with Gasteiger partial charge in [-0.1, -0.05) is 26.0 Å². The minimum atomic E-state index is 0.863. The maximum atomic E-state index is 4.42. The molecule has 3 aromatic heterocycles. The highest BCUT2D eigenvalue weighted by molar-refractivity contribution is 7.23. The van der Waals surface area contributed by atoms with E-state index in [0.29, 0.717) is 0 Å². The van der Waals surface area contributed by atoms with Gasteiger partial charge < -0.3 is 5.32 Å². The summed E-state index contributed by atoms with van der Waals surface area (Å²) in [6, 6.07) is 12.6. The maximum absolute atomic E-state index is 4.42. The van der Waals surface area contributed by atoms with E-state index in [0.717, 1.165) is 21.7 Å². The first-order valence-corrected chi connectivity index (χ1v) is 9.66. The van der Waals surface area contributed by atoms with Crippen molar-refractivity contribution < 1.29 is 0 Å². The maximum Gasteiger partial charge on any atom is 0.151 e. The predicted octanol–water partition coefficient (Wildman–Crippen LogP) is 6.50. The average molecular weight is 354 g/mol. The van der Waals surface area contributed by atoms with Gasteiger partial charge in [0.05, 0.1) is 10.2 Å². The Labute approximate surface area is 150 Å². The van der Waals surface area contributed by atoms with Crippen LogP contribution >= 0.6 is 22.7 Å². The number of fused-ring (bicyclic) bond motifs is 1. The Morgan fingerprint density at radius 3 is 2.67 bits per heavy atom. The van der Waals surface area contributed by atoms with Crippen molar-refractivity contribution in [2.24, 2.45) is 0 Å². The molecule has 0 bridgehead atoms. The third-order valence-corrected chi connectivity index (χ3v) is 5.26. The molecule has 1 N–H and O–H groups in total. The summed E-state index contributed by atoms with van der Waals surface area (Å²) >= 11 is 3.43. The third-order valence-electron chi connectivity index (χ3n) is 3.40. The Morgan fingerprint density at radius 2 is 1.92 bits per heavy atom. The Bertz CT molecular complexity index is 927. The topological polar surface area (TPSA) is 37.8 Å². The van der Waals surface area contributed by atoms with Crippen molar-refractivity contribution in [3.63, 3.8) is 0 Å². The molecule has 0 aliphatic heterocycles. The van der Waals surface area contributed by atoms with E-state index in [1.807, 2.05) is 26.0 Å². The lowest BCUT2D eigenvalue weighted by atomic mass is 10.2. The molecule has 0 aliphatic rings. The first-order chi connectivity index (χ1) is 11.8. The second-order valence-electron chi connectivity index (χ2n) is 5.05. The highest BCUT2D eigenvalue weighted by Gasteiger charge is 2.10. The fourth-order valence-electron chi connectivity index (χ4n) is 2.35. The number of thiophene rings is 2. The molecule has 0 atom stereocenters. The van der Waals surface area contributed by atoms with E-state index in [4.69, 9.17) is 0 Å². The molecule has 0 saturated carbocycles. The third kappa shape index (κ3) is 3.47. The van der Waals surface area contributed by atoms with Crippen LogP contribution in [0.25, 0.3) is 20.7 Å². The lowest BCUT2D eigenvalue weighted by molar-refractivity contribution is 1.22. The first kappa shape index (κ1) is 16.6. The van der Waals surface area contributed by atoms with Gasteiger partial charge >= 0.3 is 0 Å². The zero-order valence-corrected chi connectivity index (χ0v) is 15.5. The molecule has 3 nitrogen and oxygen atoms in total. The molecule has 0 saturated heterocycles. The SMILES string of the molecule is CC.Cc1cccc(Nc2ncnc3cc(-c4ccsc4)sc23)c1. The number of nitrogens with one attached hydrogen (secondary N) is 1. The van der Waals surface area contributed by atoms with Gasteiger partial charge in [-0.3, -0.25) is 0 Å². The van der Waals surface area contributed by atoms with E-state index in [2.05, 4.69) is 57.2 Å². The normalized spacial score (nSPS) is 10.3. The molecule has 0 unspecified atom stereocenters. The highest BCUT2D eigenvalue weighted by Crippen LogP contribution is 2.37. The summed E-state index contributed by atoms with van der Waals surface area (Å²) in [7, 11) is 0. The number of anilines is 2. The molecule has 0 aliphatic carbocycles.